The van der Waals surface area contributed by atoms with Crippen LogP contribution in [0.15, 0.2) is 29.8 Å². The SMILES string of the molecule is Nc1nnc(C(=C2C(=O)c3ccccc3C2=O)c2nnc(N)s2)s1. The Labute approximate surface area is 142 Å². The Morgan fingerprint density at radius 1 is 0.792 bits per heavy atom. The maximum Gasteiger partial charge on any atom is 0.203 e. The van der Waals surface area contributed by atoms with Gasteiger partial charge in [0, 0.05) is 11.1 Å². The molecule has 4 N–H and O–H groups in total. The Morgan fingerprint density at radius 2 is 1.25 bits per heavy atom. The minimum Gasteiger partial charge on any atom is -0.374 e. The molecule has 0 unspecified atom stereocenters. The number of allylic oxidation sites excluding steroid dienone is 1. The van der Waals surface area contributed by atoms with Crippen LogP contribution in [-0.2, 0) is 0 Å². The third kappa shape index (κ3) is 2.12. The van der Waals surface area contributed by atoms with E-state index in [9.17, 15) is 9.59 Å². The molecule has 0 amide bonds. The van der Waals surface area contributed by atoms with E-state index in [1.54, 1.807) is 24.3 Å². The van der Waals surface area contributed by atoms with Gasteiger partial charge in [-0.05, 0) is 0 Å². The number of Topliss-reactive ketones (excluding diaryl/α,β-unsaturated/α-hetero) is 2. The van der Waals surface area contributed by atoms with Crippen LogP contribution in [0.2, 0.25) is 0 Å². The van der Waals surface area contributed by atoms with Gasteiger partial charge in [-0.3, -0.25) is 9.59 Å². The first kappa shape index (κ1) is 14.6. The molecule has 3 aromatic rings. The summed E-state index contributed by atoms with van der Waals surface area (Å²) in [4.78, 5) is 25.6. The Kier molecular flexibility index (Phi) is 3.22. The molecule has 8 nitrogen and oxygen atoms in total. The third-order valence-electron chi connectivity index (χ3n) is 3.43. The van der Waals surface area contributed by atoms with Gasteiger partial charge in [-0.2, -0.15) is 0 Å². The summed E-state index contributed by atoms with van der Waals surface area (Å²) in [5, 5.41) is 16.5. The van der Waals surface area contributed by atoms with E-state index in [0.717, 1.165) is 22.7 Å². The number of fused-ring (bicyclic) bond motifs is 1. The van der Waals surface area contributed by atoms with Crippen LogP contribution >= 0.6 is 22.7 Å². The lowest BCUT2D eigenvalue weighted by Gasteiger charge is -2.02. The molecule has 0 saturated heterocycles. The Morgan fingerprint density at radius 3 is 1.62 bits per heavy atom. The molecule has 0 fully saturated rings. The van der Waals surface area contributed by atoms with Crippen molar-refractivity contribution < 1.29 is 9.59 Å². The molecule has 24 heavy (non-hydrogen) atoms. The number of carbonyl (C=O) groups is 2. The van der Waals surface area contributed by atoms with Gasteiger partial charge in [0.25, 0.3) is 0 Å². The van der Waals surface area contributed by atoms with Crippen LogP contribution in [0.3, 0.4) is 0 Å². The standard InChI is InChI=1S/C14H8N6O2S2/c15-13-19-17-11(23-13)8(12-18-20-14(16)24-12)7-9(21)5-3-1-2-4-6(5)10(7)22/h1-4H,(H2,15,19)(H2,16,20). The van der Waals surface area contributed by atoms with E-state index in [1.165, 1.54) is 0 Å². The second-order valence-corrected chi connectivity index (χ2v) is 6.86. The van der Waals surface area contributed by atoms with E-state index >= 15 is 0 Å². The van der Waals surface area contributed by atoms with Crippen LogP contribution in [-0.4, -0.2) is 32.0 Å². The van der Waals surface area contributed by atoms with Crippen molar-refractivity contribution in [1.29, 1.82) is 0 Å². The van der Waals surface area contributed by atoms with E-state index < -0.39 is 0 Å². The molecule has 0 aliphatic heterocycles. The average Bonchev–Trinajstić information content (AvgIpc) is 3.25. The average molecular weight is 356 g/mol. The molecule has 10 heteroatoms. The molecule has 1 aromatic carbocycles. The van der Waals surface area contributed by atoms with Gasteiger partial charge in [-0.1, -0.05) is 46.9 Å². The molecule has 0 spiro atoms. The van der Waals surface area contributed by atoms with Crippen molar-refractivity contribution in [2.75, 3.05) is 11.5 Å². The first-order valence-electron chi connectivity index (χ1n) is 6.67. The van der Waals surface area contributed by atoms with Crippen molar-refractivity contribution in [1.82, 2.24) is 20.4 Å². The number of nitrogens with zero attached hydrogens (tertiary/aromatic N) is 4. The number of hydrogen-bond donors (Lipinski definition) is 2. The van der Waals surface area contributed by atoms with Crippen LogP contribution < -0.4 is 11.5 Å². The molecule has 0 radical (unpaired) electrons. The molecule has 0 atom stereocenters. The summed E-state index contributed by atoms with van der Waals surface area (Å²) in [5.74, 6) is -0.763. The summed E-state index contributed by atoms with van der Waals surface area (Å²) in [6.07, 6.45) is 0. The van der Waals surface area contributed by atoms with Crippen molar-refractivity contribution in [3.8, 4) is 0 Å². The van der Waals surface area contributed by atoms with Gasteiger partial charge in [0.15, 0.2) is 21.6 Å². The van der Waals surface area contributed by atoms with E-state index in [1.807, 2.05) is 0 Å². The Hall–Kier alpha value is -2.98. The van der Waals surface area contributed by atoms with Crippen molar-refractivity contribution >= 4 is 50.1 Å². The number of carbonyl (C=O) groups excluding carboxylic acids is 2. The highest BCUT2D eigenvalue weighted by molar-refractivity contribution is 7.18. The summed E-state index contributed by atoms with van der Waals surface area (Å²) >= 11 is 2.12. The summed E-state index contributed by atoms with van der Waals surface area (Å²) in [5.41, 5.74) is 12.3. The van der Waals surface area contributed by atoms with Crippen LogP contribution in [0.25, 0.3) is 5.57 Å². The van der Waals surface area contributed by atoms with Gasteiger partial charge in [0.1, 0.15) is 0 Å². The first-order chi connectivity index (χ1) is 11.6. The lowest BCUT2D eigenvalue weighted by molar-refractivity contribution is 0.0990. The number of benzene rings is 1. The fourth-order valence-electron chi connectivity index (χ4n) is 2.46. The smallest absolute Gasteiger partial charge is 0.203 e. The Bertz CT molecular complexity index is 956. The van der Waals surface area contributed by atoms with Crippen molar-refractivity contribution in [3.05, 3.63) is 51.0 Å². The van der Waals surface area contributed by atoms with E-state index in [0.29, 0.717) is 21.1 Å². The minimum absolute atomic E-state index is 0.0106. The topological polar surface area (TPSA) is 138 Å². The van der Waals surface area contributed by atoms with Crippen molar-refractivity contribution in [2.45, 2.75) is 0 Å². The lowest BCUT2D eigenvalue weighted by Crippen LogP contribution is -2.06. The van der Waals surface area contributed by atoms with Crippen LogP contribution in [0, 0.1) is 0 Å². The number of nitrogen functional groups attached to an aromatic ring is 2. The zero-order valence-corrected chi connectivity index (χ0v) is 13.5. The fraction of sp³-hybridized carbons (Fsp3) is 0. The van der Waals surface area contributed by atoms with Crippen LogP contribution in [0.1, 0.15) is 30.7 Å². The fourth-order valence-corrected chi connectivity index (χ4v) is 3.84. The molecular weight excluding hydrogens is 348 g/mol. The lowest BCUT2D eigenvalue weighted by atomic mass is 10.0. The summed E-state index contributed by atoms with van der Waals surface area (Å²) in [6.45, 7) is 0. The third-order valence-corrected chi connectivity index (χ3v) is 4.97. The molecule has 0 saturated carbocycles. The molecule has 1 aliphatic carbocycles. The number of aromatic nitrogens is 4. The summed E-state index contributed by atoms with van der Waals surface area (Å²) in [7, 11) is 0. The molecule has 4 rings (SSSR count). The molecular formula is C14H8N6O2S2. The second-order valence-electron chi connectivity index (χ2n) is 4.84. The largest absolute Gasteiger partial charge is 0.374 e. The minimum atomic E-state index is -0.381. The Balaban J connectivity index is 2.02. The number of rotatable bonds is 2. The second kappa shape index (κ2) is 5.28. The van der Waals surface area contributed by atoms with Gasteiger partial charge in [-0.15, -0.1) is 20.4 Å². The van der Waals surface area contributed by atoms with Gasteiger partial charge < -0.3 is 11.5 Å². The van der Waals surface area contributed by atoms with E-state index in [2.05, 4.69) is 20.4 Å². The number of nitrogens with two attached hydrogens (primary N) is 2. The number of hydrogen-bond acceptors (Lipinski definition) is 10. The highest BCUT2D eigenvalue weighted by Gasteiger charge is 2.37. The number of ketones is 2. The molecule has 118 valence electrons. The van der Waals surface area contributed by atoms with E-state index in [4.69, 9.17) is 11.5 Å². The highest BCUT2D eigenvalue weighted by Crippen LogP contribution is 2.38. The molecule has 1 aliphatic rings. The van der Waals surface area contributed by atoms with Crippen molar-refractivity contribution in [3.63, 3.8) is 0 Å². The first-order valence-corrected chi connectivity index (χ1v) is 8.31. The zero-order chi connectivity index (χ0) is 16.8. The maximum absolute atomic E-state index is 12.8. The normalized spacial score (nSPS) is 13.4. The van der Waals surface area contributed by atoms with E-state index in [-0.39, 0.29) is 33.0 Å². The molecule has 2 heterocycles. The monoisotopic (exact) mass is 356 g/mol. The van der Waals surface area contributed by atoms with Crippen LogP contribution in [0.4, 0.5) is 10.3 Å². The predicted octanol–water partition coefficient (Wildman–Crippen LogP) is 1.44. The van der Waals surface area contributed by atoms with Gasteiger partial charge in [0.2, 0.25) is 10.3 Å². The highest BCUT2D eigenvalue weighted by atomic mass is 32.1. The van der Waals surface area contributed by atoms with Gasteiger partial charge in [-0.25, -0.2) is 0 Å². The molecule has 0 bridgehead atoms. The van der Waals surface area contributed by atoms with Crippen LogP contribution in [0.5, 0.6) is 0 Å². The summed E-state index contributed by atoms with van der Waals surface area (Å²) in [6, 6.07) is 6.64. The molecule has 2 aromatic heterocycles. The maximum atomic E-state index is 12.8. The summed E-state index contributed by atoms with van der Waals surface area (Å²) < 4.78 is 0. The zero-order valence-electron chi connectivity index (χ0n) is 11.9. The van der Waals surface area contributed by atoms with Crippen molar-refractivity contribution in [2.24, 2.45) is 0 Å². The quantitative estimate of drug-likeness (QED) is 0.519. The van der Waals surface area contributed by atoms with Gasteiger partial charge >= 0.3 is 0 Å². The predicted molar refractivity (Wildman–Crippen MR) is 89.8 cm³/mol. The van der Waals surface area contributed by atoms with Gasteiger partial charge in [0.05, 0.1) is 11.1 Å². The number of anilines is 2.